The molecule has 0 fully saturated rings. The van der Waals surface area contributed by atoms with E-state index >= 15 is 0 Å². The maximum absolute atomic E-state index is 8.99. The predicted molar refractivity (Wildman–Crippen MR) is 119 cm³/mol. The standard InChI is InChI=1S/C27H23N/c1-27(2)25-11-7-6-10-23(25)24-17-16-22(18-26(24)27)28-21-14-12-20(13-15-21)19-8-4-3-5-9-19/h3-18,28H,1-2H3/i6D,7D,10D,11D,16D,17D,18D. The van der Waals surface area contributed by atoms with Gasteiger partial charge in [0.05, 0.1) is 9.60 Å². The molecule has 0 saturated heterocycles. The van der Waals surface area contributed by atoms with Crippen molar-refractivity contribution in [3.8, 4) is 22.3 Å². The zero-order chi connectivity index (χ0) is 25.2. The molecule has 1 heteroatoms. The summed E-state index contributed by atoms with van der Waals surface area (Å²) in [7, 11) is 0. The highest BCUT2D eigenvalue weighted by Crippen LogP contribution is 2.49. The van der Waals surface area contributed by atoms with Gasteiger partial charge < -0.3 is 5.32 Å². The summed E-state index contributed by atoms with van der Waals surface area (Å²) >= 11 is 0. The van der Waals surface area contributed by atoms with Gasteiger partial charge in [-0.2, -0.15) is 0 Å². The molecule has 0 aliphatic heterocycles. The van der Waals surface area contributed by atoms with Crippen LogP contribution < -0.4 is 5.32 Å². The summed E-state index contributed by atoms with van der Waals surface area (Å²) in [6, 6.07) is 16.1. The molecule has 4 aromatic carbocycles. The van der Waals surface area contributed by atoms with Crippen LogP contribution in [0.2, 0.25) is 0 Å². The second-order valence-electron chi connectivity index (χ2n) is 7.44. The van der Waals surface area contributed by atoms with Crippen LogP contribution in [0.3, 0.4) is 0 Å². The highest BCUT2D eigenvalue weighted by molar-refractivity contribution is 5.83. The van der Waals surface area contributed by atoms with Gasteiger partial charge >= 0.3 is 0 Å². The lowest BCUT2D eigenvalue weighted by atomic mass is 9.82. The van der Waals surface area contributed by atoms with Gasteiger partial charge in [-0.3, -0.25) is 0 Å². The lowest BCUT2D eigenvalue weighted by Gasteiger charge is -2.22. The van der Waals surface area contributed by atoms with Crippen LogP contribution in [-0.2, 0) is 5.41 Å². The third-order valence-electron chi connectivity index (χ3n) is 5.26. The summed E-state index contributed by atoms with van der Waals surface area (Å²) < 4.78 is 59.6. The van der Waals surface area contributed by atoms with Gasteiger partial charge in [-0.15, -0.1) is 0 Å². The van der Waals surface area contributed by atoms with Crippen molar-refractivity contribution in [1.82, 2.24) is 0 Å². The van der Waals surface area contributed by atoms with Gasteiger partial charge in [0.1, 0.15) is 0 Å². The zero-order valence-electron chi connectivity index (χ0n) is 22.7. The first-order chi connectivity index (χ1) is 16.6. The smallest absolute Gasteiger partial charge is 0.0648 e. The van der Waals surface area contributed by atoms with Gasteiger partial charge in [0, 0.05) is 16.8 Å². The molecule has 1 aliphatic rings. The van der Waals surface area contributed by atoms with Crippen LogP contribution in [0.4, 0.5) is 11.4 Å². The van der Waals surface area contributed by atoms with E-state index in [1.807, 2.05) is 54.6 Å². The van der Waals surface area contributed by atoms with Crippen molar-refractivity contribution in [2.45, 2.75) is 19.3 Å². The van der Waals surface area contributed by atoms with Crippen molar-refractivity contribution in [3.63, 3.8) is 0 Å². The Kier molecular flexibility index (Phi) is 2.48. The average molecular weight is 369 g/mol. The van der Waals surface area contributed by atoms with E-state index in [2.05, 4.69) is 5.32 Å². The molecule has 1 nitrogen and oxygen atoms in total. The Labute approximate surface area is 176 Å². The fraction of sp³-hybridized carbons (Fsp3) is 0.111. The first-order valence-corrected chi connectivity index (χ1v) is 9.23. The maximum Gasteiger partial charge on any atom is 0.0648 e. The second kappa shape index (κ2) is 6.38. The summed E-state index contributed by atoms with van der Waals surface area (Å²) in [4.78, 5) is 0. The topological polar surface area (TPSA) is 12.0 Å². The number of hydrogen-bond acceptors (Lipinski definition) is 1. The van der Waals surface area contributed by atoms with E-state index in [1.54, 1.807) is 13.8 Å². The van der Waals surface area contributed by atoms with E-state index in [-0.39, 0.29) is 59.1 Å². The molecule has 1 N–H and O–H groups in total. The molecular formula is C27H23N. The van der Waals surface area contributed by atoms with Crippen molar-refractivity contribution >= 4 is 11.4 Å². The molecule has 0 bridgehead atoms. The van der Waals surface area contributed by atoms with E-state index in [4.69, 9.17) is 9.60 Å². The van der Waals surface area contributed by atoms with E-state index in [0.29, 0.717) is 16.8 Å². The zero-order valence-corrected chi connectivity index (χ0v) is 15.7. The molecule has 0 unspecified atom stereocenters. The number of fused-ring (bicyclic) bond motifs is 3. The Morgan fingerprint density at radius 1 is 0.679 bits per heavy atom. The van der Waals surface area contributed by atoms with Gasteiger partial charge in [-0.05, 0) is 57.6 Å². The van der Waals surface area contributed by atoms with Crippen molar-refractivity contribution in [2.75, 3.05) is 5.32 Å². The molecule has 0 saturated carbocycles. The van der Waals surface area contributed by atoms with Crippen molar-refractivity contribution in [3.05, 3.63) is 108 Å². The highest BCUT2D eigenvalue weighted by Gasteiger charge is 2.35. The van der Waals surface area contributed by atoms with Crippen LogP contribution in [-0.4, -0.2) is 0 Å². The van der Waals surface area contributed by atoms with E-state index < -0.39 is 5.41 Å². The SMILES string of the molecule is [2H]c1c([2H])c([2H])c2c(c1[2H])-c1c([2H])c([2H])c(Nc3ccc(-c4ccccc4)cc3)c([2H])c1C2(C)C. The fourth-order valence-electron chi connectivity index (χ4n) is 3.74. The summed E-state index contributed by atoms with van der Waals surface area (Å²) in [5.41, 5.74) is 3.29. The van der Waals surface area contributed by atoms with Crippen LogP contribution in [0.25, 0.3) is 22.3 Å². The molecular weight excluding hydrogens is 338 g/mol. The number of hydrogen-bond donors (Lipinski definition) is 1. The number of rotatable bonds is 3. The quantitative estimate of drug-likeness (QED) is 0.397. The molecule has 4 aromatic rings. The molecule has 1 aliphatic carbocycles. The van der Waals surface area contributed by atoms with Gasteiger partial charge in [0.15, 0.2) is 0 Å². The third kappa shape index (κ3) is 2.71. The summed E-state index contributed by atoms with van der Waals surface area (Å²) in [5.74, 6) is 0. The van der Waals surface area contributed by atoms with Crippen molar-refractivity contribution in [1.29, 1.82) is 0 Å². The van der Waals surface area contributed by atoms with Gasteiger partial charge in [0.25, 0.3) is 0 Å². The number of benzene rings is 4. The summed E-state index contributed by atoms with van der Waals surface area (Å²) in [6.45, 7) is 3.61. The van der Waals surface area contributed by atoms with Gasteiger partial charge in [-0.25, -0.2) is 0 Å². The third-order valence-corrected chi connectivity index (χ3v) is 5.26. The Hall–Kier alpha value is -3.32. The molecule has 0 heterocycles. The van der Waals surface area contributed by atoms with E-state index in [9.17, 15) is 0 Å². The van der Waals surface area contributed by atoms with Crippen LogP contribution in [0, 0.1) is 0 Å². The van der Waals surface area contributed by atoms with Gasteiger partial charge in [0.2, 0.25) is 0 Å². The van der Waals surface area contributed by atoms with Crippen LogP contribution >= 0.6 is 0 Å². The first-order valence-electron chi connectivity index (χ1n) is 12.7. The maximum atomic E-state index is 8.99. The van der Waals surface area contributed by atoms with Gasteiger partial charge in [-0.1, -0.05) is 86.5 Å². The lowest BCUT2D eigenvalue weighted by molar-refractivity contribution is 0.660. The summed E-state index contributed by atoms with van der Waals surface area (Å²) in [6.07, 6.45) is 0. The largest absolute Gasteiger partial charge is 0.356 e. The molecule has 28 heavy (non-hydrogen) atoms. The summed E-state index contributed by atoms with van der Waals surface area (Å²) in [5, 5.41) is 3.14. The predicted octanol–water partition coefficient (Wildman–Crippen LogP) is 7.40. The molecule has 5 rings (SSSR count). The van der Waals surface area contributed by atoms with E-state index in [0.717, 1.165) is 11.1 Å². The minimum atomic E-state index is -0.935. The number of anilines is 2. The monoisotopic (exact) mass is 368 g/mol. The highest BCUT2D eigenvalue weighted by atomic mass is 14.9. The van der Waals surface area contributed by atoms with Crippen LogP contribution in [0.1, 0.15) is 34.6 Å². The Bertz CT molecular complexity index is 1490. The Balaban J connectivity index is 1.65. The molecule has 0 aromatic heterocycles. The van der Waals surface area contributed by atoms with E-state index in [1.165, 1.54) is 0 Å². The minimum absolute atomic E-state index is 0.0196. The molecule has 0 amide bonds. The van der Waals surface area contributed by atoms with Crippen LogP contribution in [0.5, 0.6) is 0 Å². The average Bonchev–Trinajstić information content (AvgIpc) is 3.11. The molecule has 0 spiro atoms. The number of nitrogens with one attached hydrogen (secondary N) is 1. The lowest BCUT2D eigenvalue weighted by Crippen LogP contribution is -2.15. The van der Waals surface area contributed by atoms with Crippen molar-refractivity contribution < 1.29 is 9.60 Å². The Morgan fingerprint density at radius 2 is 1.36 bits per heavy atom. The first kappa shape index (κ1) is 10.9. The second-order valence-corrected chi connectivity index (χ2v) is 7.44. The molecule has 0 radical (unpaired) electrons. The Morgan fingerprint density at radius 3 is 2.14 bits per heavy atom. The fourth-order valence-corrected chi connectivity index (χ4v) is 3.74. The van der Waals surface area contributed by atoms with Crippen LogP contribution in [0.15, 0.2) is 96.9 Å². The normalized spacial score (nSPS) is 17.1. The van der Waals surface area contributed by atoms with Crippen molar-refractivity contribution in [2.24, 2.45) is 0 Å². The minimum Gasteiger partial charge on any atom is -0.356 e. The molecule has 136 valence electrons. The molecule has 0 atom stereocenters.